The van der Waals surface area contributed by atoms with Crippen molar-refractivity contribution in [1.82, 2.24) is 0 Å². The lowest BCUT2D eigenvalue weighted by Gasteiger charge is -1.74. The van der Waals surface area contributed by atoms with Crippen LogP contribution in [0.5, 0.6) is 0 Å². The Hall–Kier alpha value is -0.158. The molecule has 0 aliphatic carbocycles. The highest BCUT2D eigenvalue weighted by Crippen LogP contribution is 1.77. The highest BCUT2D eigenvalue weighted by Gasteiger charge is 1.74. The van der Waals surface area contributed by atoms with Crippen molar-refractivity contribution in [3.8, 4) is 0 Å². The molecule has 0 unspecified atom stereocenters. The fraction of sp³-hybridized carbons (Fsp3) is 1.00. The van der Waals surface area contributed by atoms with Crippen molar-refractivity contribution in [1.29, 1.82) is 5.53 Å². The molecule has 0 heterocycles. The molecule has 0 rings (SSSR count). The molecule has 3 nitrogen and oxygen atoms in total. The molecule has 0 aliphatic rings. The number of hydrogen-bond acceptors (Lipinski definition) is 1. The monoisotopic (exact) mass is 128 g/mol. The lowest BCUT2D eigenvalue weighted by molar-refractivity contribution is 1.36. The maximum atomic E-state index is 6.86. The minimum atomic E-state index is 0.815. The summed E-state index contributed by atoms with van der Waals surface area (Å²) >= 11 is 0.815. The largest absolute Gasteiger partial charge is 0.198 e. The number of rotatable bonds is 2. The fourth-order valence-corrected chi connectivity index (χ4v) is 0.866. The van der Waals surface area contributed by atoms with Crippen molar-refractivity contribution in [2.75, 3.05) is 0 Å². The van der Waals surface area contributed by atoms with Gasteiger partial charge in [-0.25, -0.2) is 0 Å². The number of hydrogen-bond donors (Lipinski definition) is 1. The maximum absolute atomic E-state index is 6.86. The summed E-state index contributed by atoms with van der Waals surface area (Å²) < 4.78 is 0. The van der Waals surface area contributed by atoms with Gasteiger partial charge < -0.3 is 0 Å². The summed E-state index contributed by atoms with van der Waals surface area (Å²) in [5.41, 5.74) is 12.2. The standard InChI is InChI=1S/2C2H5.Al.HN3/c2*1-2;;1-3-2/h2*1H2,2H3;;1H. The molecule has 0 aliphatic heterocycles. The second-order valence-corrected chi connectivity index (χ2v) is 3.42. The van der Waals surface area contributed by atoms with Crippen molar-refractivity contribution < 1.29 is 0 Å². The molecular weight excluding hydrogens is 117 g/mol. The molecule has 0 saturated carbocycles. The zero-order valence-corrected chi connectivity index (χ0v) is 6.54. The average molecular weight is 128 g/mol. The summed E-state index contributed by atoms with van der Waals surface area (Å²) in [5.74, 6) is 0. The molecule has 0 amide bonds. The van der Waals surface area contributed by atoms with E-state index < -0.39 is 0 Å². The predicted octanol–water partition coefficient (Wildman–Crippen LogP) is 2.44. The second-order valence-electron chi connectivity index (χ2n) is 1.21. The molecule has 0 aromatic rings. The van der Waals surface area contributed by atoms with Gasteiger partial charge in [0.05, 0.1) is 0 Å². The molecule has 1 radical (unpaired) electrons. The third kappa shape index (κ3) is 40.4. The van der Waals surface area contributed by atoms with Gasteiger partial charge in [-0.2, -0.15) is 0 Å². The van der Waals surface area contributed by atoms with Crippen LogP contribution in [0.25, 0.3) is 10.4 Å². The van der Waals surface area contributed by atoms with Gasteiger partial charge in [-0.15, -0.1) is 16.1 Å². The van der Waals surface area contributed by atoms with Gasteiger partial charge >= 0.3 is 0 Å². The first-order valence-electron chi connectivity index (χ1n) is 2.65. The van der Waals surface area contributed by atoms with Crippen LogP contribution in [-0.2, 0) is 0 Å². The molecule has 4 heteroatoms. The molecule has 0 atom stereocenters. The first kappa shape index (κ1) is 10.8. The molecule has 1 N–H and O–H groups in total. The Labute approximate surface area is 56.2 Å². The Morgan fingerprint density at radius 2 is 1.75 bits per heavy atom. The van der Waals surface area contributed by atoms with Gasteiger partial charge in [0.25, 0.3) is 0 Å². The molecule has 0 aromatic heterocycles. The van der Waals surface area contributed by atoms with Crippen LogP contribution < -0.4 is 0 Å². The van der Waals surface area contributed by atoms with Crippen LogP contribution in [0.4, 0.5) is 0 Å². The number of nitrogens with zero attached hydrogens (tertiary/aromatic N) is 2. The van der Waals surface area contributed by atoms with Gasteiger partial charge in [-0.05, 0) is 10.4 Å². The quantitative estimate of drug-likeness (QED) is 0.257. The molecule has 0 bridgehead atoms. The van der Waals surface area contributed by atoms with Crippen LogP contribution in [0.3, 0.4) is 0 Å². The average Bonchev–Trinajstić information content (AvgIpc) is 1.71. The van der Waals surface area contributed by atoms with Crippen molar-refractivity contribution in [3.05, 3.63) is 10.4 Å². The van der Waals surface area contributed by atoms with Gasteiger partial charge in [0.15, 0.2) is 15.2 Å². The smallest absolute Gasteiger partial charge is 0.108 e. The minimum absolute atomic E-state index is 0.815. The molecular formula is C4H11AlN3. The third-order valence-corrected chi connectivity index (χ3v) is 1.73. The van der Waals surface area contributed by atoms with Crippen molar-refractivity contribution in [2.24, 2.45) is 0 Å². The summed E-state index contributed by atoms with van der Waals surface area (Å²) in [6.45, 7) is 4.50. The van der Waals surface area contributed by atoms with Crippen LogP contribution in [0.2, 0.25) is 10.6 Å². The highest BCUT2D eigenvalue weighted by atomic mass is 27.1. The van der Waals surface area contributed by atoms with Crippen molar-refractivity contribution >= 4 is 15.2 Å². The molecule has 8 heavy (non-hydrogen) atoms. The Bertz CT molecular complexity index is 56.3. The third-order valence-electron chi connectivity index (χ3n) is 0.577. The minimum Gasteiger partial charge on any atom is -0.108 e. The highest BCUT2D eigenvalue weighted by molar-refractivity contribution is 6.34. The zero-order chi connectivity index (χ0) is 6.83. The van der Waals surface area contributed by atoms with Crippen LogP contribution in [-0.4, -0.2) is 15.2 Å². The normalized spacial score (nSPS) is 5.75. The molecule has 0 spiro atoms. The van der Waals surface area contributed by atoms with Gasteiger partial charge in [-0.1, -0.05) is 13.8 Å². The van der Waals surface area contributed by atoms with E-state index in [9.17, 15) is 0 Å². The summed E-state index contributed by atoms with van der Waals surface area (Å²) in [7, 11) is 0. The Morgan fingerprint density at radius 1 is 1.50 bits per heavy atom. The van der Waals surface area contributed by atoms with E-state index in [4.69, 9.17) is 11.1 Å². The van der Waals surface area contributed by atoms with Gasteiger partial charge in [0.1, 0.15) is 0 Å². The van der Waals surface area contributed by atoms with Gasteiger partial charge in [0, 0.05) is 0 Å². The Kier molecular flexibility index (Phi) is 21.3. The lowest BCUT2D eigenvalue weighted by Crippen LogP contribution is -1.76. The summed E-state index contributed by atoms with van der Waals surface area (Å²) in [5, 5.41) is 2.85. The summed E-state index contributed by atoms with van der Waals surface area (Å²) in [4.78, 5) is 1.75. The van der Waals surface area contributed by atoms with E-state index >= 15 is 0 Å². The topological polar surface area (TPSA) is 60.3 Å². The Morgan fingerprint density at radius 3 is 1.75 bits per heavy atom. The van der Waals surface area contributed by atoms with Gasteiger partial charge in [0.2, 0.25) is 0 Å². The molecule has 45 valence electrons. The fourth-order valence-electron chi connectivity index (χ4n) is 0.289. The van der Waals surface area contributed by atoms with E-state index in [0.29, 0.717) is 0 Å². The Balaban J connectivity index is 0. The molecule has 0 aromatic carbocycles. The van der Waals surface area contributed by atoms with Crippen molar-refractivity contribution in [2.45, 2.75) is 24.4 Å². The second kappa shape index (κ2) is 15.8. The molecule has 0 fully saturated rings. The number of nitrogens with one attached hydrogen (secondary N) is 1. The van der Waals surface area contributed by atoms with Crippen molar-refractivity contribution in [3.63, 3.8) is 0 Å². The SMILES string of the molecule is C[CH2][Al][CH2]C.[N-]=[N+]=N. The lowest BCUT2D eigenvalue weighted by atomic mass is 10.9. The van der Waals surface area contributed by atoms with Crippen LogP contribution in [0.15, 0.2) is 0 Å². The van der Waals surface area contributed by atoms with Crippen LogP contribution in [0, 0.1) is 5.53 Å². The maximum Gasteiger partial charge on any atom is 0.198 e. The zero-order valence-electron chi connectivity index (χ0n) is 5.39. The van der Waals surface area contributed by atoms with Crippen LogP contribution in [0.1, 0.15) is 13.8 Å². The first-order chi connectivity index (χ1) is 3.83. The first-order valence-corrected chi connectivity index (χ1v) is 4.29. The van der Waals surface area contributed by atoms with E-state index in [0.717, 1.165) is 15.2 Å². The van der Waals surface area contributed by atoms with E-state index in [2.05, 4.69) is 13.8 Å². The van der Waals surface area contributed by atoms with Gasteiger partial charge in [-0.3, -0.25) is 0 Å². The van der Waals surface area contributed by atoms with E-state index in [1.165, 1.54) is 10.6 Å². The summed E-state index contributed by atoms with van der Waals surface area (Å²) in [6, 6.07) is 0. The van der Waals surface area contributed by atoms with Crippen LogP contribution >= 0.6 is 0 Å². The summed E-state index contributed by atoms with van der Waals surface area (Å²) in [6.07, 6.45) is 0. The van der Waals surface area contributed by atoms with E-state index in [1.54, 1.807) is 4.91 Å². The molecule has 0 saturated heterocycles. The van der Waals surface area contributed by atoms with E-state index in [1.807, 2.05) is 0 Å². The predicted molar refractivity (Wildman–Crippen MR) is 36.2 cm³/mol. The van der Waals surface area contributed by atoms with E-state index in [-0.39, 0.29) is 0 Å².